The van der Waals surface area contributed by atoms with Crippen molar-refractivity contribution in [3.05, 3.63) is 18.6 Å². The highest BCUT2D eigenvalue weighted by Crippen LogP contribution is 1.93. The van der Waals surface area contributed by atoms with Gasteiger partial charge in [0.15, 0.2) is 0 Å². The van der Waals surface area contributed by atoms with Crippen molar-refractivity contribution in [1.29, 1.82) is 0 Å². The largest absolute Gasteiger partial charge is 0.373 e. The molecular weight excluding hydrogens is 126 g/mol. The molecule has 1 rings (SSSR count). The standard InChI is InChI=1S/C5H7N3.C2H6/c1-6-5-2-3-7-4-8-5;1-2/h2-4H,1H3,(H,6,7,8);1-2H3. The van der Waals surface area contributed by atoms with E-state index >= 15 is 0 Å². The first-order chi connectivity index (χ1) is 4.93. The second-order valence-corrected chi connectivity index (χ2v) is 1.34. The summed E-state index contributed by atoms with van der Waals surface area (Å²) in [6.07, 6.45) is 3.20. The molecule has 1 aromatic rings. The fourth-order valence-electron chi connectivity index (χ4n) is 0.439. The molecular formula is C7H13N3. The highest BCUT2D eigenvalue weighted by Gasteiger charge is 1.80. The van der Waals surface area contributed by atoms with Crippen molar-refractivity contribution in [2.45, 2.75) is 13.8 Å². The number of aromatic nitrogens is 2. The summed E-state index contributed by atoms with van der Waals surface area (Å²) in [6.45, 7) is 4.00. The molecule has 0 aliphatic carbocycles. The molecule has 56 valence electrons. The van der Waals surface area contributed by atoms with Crippen molar-refractivity contribution in [1.82, 2.24) is 9.97 Å². The lowest BCUT2D eigenvalue weighted by Crippen LogP contribution is -1.90. The Kier molecular flexibility index (Phi) is 5.33. The monoisotopic (exact) mass is 139 g/mol. The zero-order valence-electron chi connectivity index (χ0n) is 6.63. The Morgan fingerprint density at radius 3 is 2.40 bits per heavy atom. The summed E-state index contributed by atoms with van der Waals surface area (Å²) in [5.74, 6) is 0.847. The van der Waals surface area contributed by atoms with Crippen LogP contribution >= 0.6 is 0 Å². The van der Waals surface area contributed by atoms with Crippen LogP contribution in [0.4, 0.5) is 5.82 Å². The average molecular weight is 139 g/mol. The normalized spacial score (nSPS) is 7.50. The summed E-state index contributed by atoms with van der Waals surface area (Å²) < 4.78 is 0. The summed E-state index contributed by atoms with van der Waals surface area (Å²) in [5.41, 5.74) is 0. The van der Waals surface area contributed by atoms with E-state index in [-0.39, 0.29) is 0 Å². The van der Waals surface area contributed by atoms with Crippen LogP contribution in [0.1, 0.15) is 13.8 Å². The molecule has 0 aliphatic rings. The number of rotatable bonds is 1. The van der Waals surface area contributed by atoms with E-state index in [1.807, 2.05) is 20.9 Å². The lowest BCUT2D eigenvalue weighted by Gasteiger charge is -1.92. The Labute approximate surface area is 61.5 Å². The summed E-state index contributed by atoms with van der Waals surface area (Å²) in [4.78, 5) is 7.62. The molecule has 0 saturated carbocycles. The van der Waals surface area contributed by atoms with Gasteiger partial charge in [-0.2, -0.15) is 0 Å². The number of nitrogens with one attached hydrogen (secondary N) is 1. The van der Waals surface area contributed by atoms with Gasteiger partial charge >= 0.3 is 0 Å². The van der Waals surface area contributed by atoms with E-state index in [4.69, 9.17) is 0 Å². The average Bonchev–Trinajstić information content (AvgIpc) is 2.10. The highest BCUT2D eigenvalue weighted by atomic mass is 15.0. The van der Waals surface area contributed by atoms with Crippen LogP contribution in [-0.2, 0) is 0 Å². The fourth-order valence-corrected chi connectivity index (χ4v) is 0.439. The second-order valence-electron chi connectivity index (χ2n) is 1.34. The molecule has 0 fully saturated rings. The van der Waals surface area contributed by atoms with Crippen molar-refractivity contribution >= 4 is 5.82 Å². The first kappa shape index (κ1) is 8.88. The third-order valence-electron chi connectivity index (χ3n) is 0.838. The van der Waals surface area contributed by atoms with Crippen LogP contribution in [0, 0.1) is 0 Å². The van der Waals surface area contributed by atoms with Crippen LogP contribution in [0.25, 0.3) is 0 Å². The predicted octanol–water partition coefficient (Wildman–Crippen LogP) is 1.54. The van der Waals surface area contributed by atoms with E-state index in [0.29, 0.717) is 0 Å². The van der Waals surface area contributed by atoms with Crippen LogP contribution in [0.2, 0.25) is 0 Å². The van der Waals surface area contributed by atoms with E-state index < -0.39 is 0 Å². The lowest BCUT2D eigenvalue weighted by atomic mass is 10.6. The van der Waals surface area contributed by atoms with Crippen molar-refractivity contribution in [2.75, 3.05) is 12.4 Å². The van der Waals surface area contributed by atoms with Gasteiger partial charge in [-0.3, -0.25) is 0 Å². The van der Waals surface area contributed by atoms with Crippen LogP contribution in [0.15, 0.2) is 18.6 Å². The quantitative estimate of drug-likeness (QED) is 0.641. The van der Waals surface area contributed by atoms with E-state index in [1.165, 1.54) is 6.33 Å². The van der Waals surface area contributed by atoms with Crippen LogP contribution in [-0.4, -0.2) is 17.0 Å². The fraction of sp³-hybridized carbons (Fsp3) is 0.429. The van der Waals surface area contributed by atoms with Gasteiger partial charge in [0.2, 0.25) is 0 Å². The molecule has 1 aromatic heterocycles. The Balaban J connectivity index is 0.000000371. The van der Waals surface area contributed by atoms with Crippen molar-refractivity contribution in [3.63, 3.8) is 0 Å². The van der Waals surface area contributed by atoms with Gasteiger partial charge in [-0.05, 0) is 6.07 Å². The smallest absolute Gasteiger partial charge is 0.129 e. The Morgan fingerprint density at radius 1 is 1.40 bits per heavy atom. The zero-order chi connectivity index (χ0) is 7.82. The molecule has 0 amide bonds. The molecule has 3 nitrogen and oxygen atoms in total. The van der Waals surface area contributed by atoms with Gasteiger partial charge in [0.25, 0.3) is 0 Å². The zero-order valence-corrected chi connectivity index (χ0v) is 6.63. The third-order valence-corrected chi connectivity index (χ3v) is 0.838. The maximum Gasteiger partial charge on any atom is 0.129 e. The second kappa shape index (κ2) is 6.01. The summed E-state index contributed by atoms with van der Waals surface area (Å²) in [7, 11) is 1.82. The SMILES string of the molecule is CC.CNc1ccncn1. The van der Waals surface area contributed by atoms with Crippen molar-refractivity contribution < 1.29 is 0 Å². The molecule has 1 N–H and O–H groups in total. The van der Waals surface area contributed by atoms with Gasteiger partial charge in [0, 0.05) is 13.2 Å². The lowest BCUT2D eigenvalue weighted by molar-refractivity contribution is 1.16. The number of hydrogen-bond donors (Lipinski definition) is 1. The van der Waals surface area contributed by atoms with Crippen LogP contribution in [0.5, 0.6) is 0 Å². The Morgan fingerprint density at radius 2 is 2.10 bits per heavy atom. The Hall–Kier alpha value is -1.12. The predicted molar refractivity (Wildman–Crippen MR) is 42.9 cm³/mol. The minimum absolute atomic E-state index is 0.847. The molecule has 0 saturated heterocycles. The molecule has 3 heteroatoms. The van der Waals surface area contributed by atoms with E-state index in [2.05, 4.69) is 15.3 Å². The molecule has 0 unspecified atom stereocenters. The number of nitrogens with zero attached hydrogens (tertiary/aromatic N) is 2. The van der Waals surface area contributed by atoms with Gasteiger partial charge in [0.1, 0.15) is 12.1 Å². The third kappa shape index (κ3) is 3.02. The van der Waals surface area contributed by atoms with Gasteiger partial charge in [0.05, 0.1) is 0 Å². The molecule has 1 heterocycles. The molecule has 0 bridgehead atoms. The molecule has 0 aliphatic heterocycles. The minimum Gasteiger partial charge on any atom is -0.373 e. The minimum atomic E-state index is 0.847. The van der Waals surface area contributed by atoms with Crippen molar-refractivity contribution in [2.24, 2.45) is 0 Å². The molecule has 0 aromatic carbocycles. The maximum absolute atomic E-state index is 3.88. The van der Waals surface area contributed by atoms with Gasteiger partial charge in [-0.25, -0.2) is 9.97 Å². The molecule has 10 heavy (non-hydrogen) atoms. The van der Waals surface area contributed by atoms with Crippen LogP contribution in [0.3, 0.4) is 0 Å². The van der Waals surface area contributed by atoms with Gasteiger partial charge < -0.3 is 5.32 Å². The summed E-state index contributed by atoms with van der Waals surface area (Å²) in [5, 5.41) is 2.88. The number of anilines is 1. The highest BCUT2D eigenvalue weighted by molar-refractivity contribution is 5.29. The van der Waals surface area contributed by atoms with Crippen molar-refractivity contribution in [3.8, 4) is 0 Å². The topological polar surface area (TPSA) is 37.8 Å². The number of hydrogen-bond acceptors (Lipinski definition) is 3. The summed E-state index contributed by atoms with van der Waals surface area (Å²) in [6, 6.07) is 1.81. The van der Waals surface area contributed by atoms with Gasteiger partial charge in [-0.1, -0.05) is 13.8 Å². The van der Waals surface area contributed by atoms with Crippen LogP contribution < -0.4 is 5.32 Å². The van der Waals surface area contributed by atoms with Gasteiger partial charge in [-0.15, -0.1) is 0 Å². The summed E-state index contributed by atoms with van der Waals surface area (Å²) >= 11 is 0. The first-order valence-electron chi connectivity index (χ1n) is 3.37. The van der Waals surface area contributed by atoms with E-state index in [0.717, 1.165) is 5.82 Å². The Bertz CT molecular complexity index is 150. The van der Waals surface area contributed by atoms with E-state index in [1.54, 1.807) is 12.3 Å². The first-order valence-corrected chi connectivity index (χ1v) is 3.37. The van der Waals surface area contributed by atoms with E-state index in [9.17, 15) is 0 Å². The molecule has 0 atom stereocenters. The molecule has 0 radical (unpaired) electrons. The maximum atomic E-state index is 3.88. The molecule has 0 spiro atoms.